The fraction of sp³-hybridized carbons (Fsp3) is 0.200. The Hall–Kier alpha value is -4.00. The van der Waals surface area contributed by atoms with E-state index in [4.69, 9.17) is 14.2 Å². The number of nitrogens with one attached hydrogen (secondary N) is 1. The fourth-order valence-electron chi connectivity index (χ4n) is 3.35. The summed E-state index contributed by atoms with van der Waals surface area (Å²) < 4.78 is 17.0. The maximum atomic E-state index is 12.8. The maximum Gasteiger partial charge on any atom is 0.267 e. The van der Waals surface area contributed by atoms with Gasteiger partial charge in [-0.15, -0.1) is 0 Å². The van der Waals surface area contributed by atoms with Crippen LogP contribution < -0.4 is 24.4 Å². The molecule has 7 nitrogen and oxygen atoms in total. The fourth-order valence-corrected chi connectivity index (χ4v) is 3.35. The van der Waals surface area contributed by atoms with Crippen molar-refractivity contribution in [1.82, 2.24) is 0 Å². The van der Waals surface area contributed by atoms with Gasteiger partial charge in [-0.1, -0.05) is 36.4 Å². The van der Waals surface area contributed by atoms with Gasteiger partial charge >= 0.3 is 0 Å². The molecule has 0 radical (unpaired) electrons. The summed E-state index contributed by atoms with van der Waals surface area (Å²) in [5, 5.41) is 2.80. The Morgan fingerprint density at radius 2 is 1.62 bits per heavy atom. The molecule has 1 aliphatic rings. The van der Waals surface area contributed by atoms with Crippen molar-refractivity contribution in [3.63, 3.8) is 0 Å². The summed E-state index contributed by atoms with van der Waals surface area (Å²) in [6.45, 7) is 2.27. The largest absolute Gasteiger partial charge is 0.492 e. The van der Waals surface area contributed by atoms with Gasteiger partial charge in [-0.2, -0.15) is 0 Å². The Bertz CT molecular complexity index is 1070. The molecule has 1 unspecified atom stereocenters. The lowest BCUT2D eigenvalue weighted by atomic mass is 10.1. The minimum Gasteiger partial charge on any atom is -0.492 e. The lowest BCUT2D eigenvalue weighted by Gasteiger charge is -2.33. The lowest BCUT2D eigenvalue weighted by Crippen LogP contribution is -2.46. The van der Waals surface area contributed by atoms with Crippen LogP contribution in [0, 0.1) is 0 Å². The van der Waals surface area contributed by atoms with Gasteiger partial charge in [0, 0.05) is 5.69 Å². The Kier molecular flexibility index (Phi) is 6.55. The zero-order valence-corrected chi connectivity index (χ0v) is 17.7. The van der Waals surface area contributed by atoms with Crippen LogP contribution >= 0.6 is 0 Å². The summed E-state index contributed by atoms with van der Waals surface area (Å²) in [7, 11) is 0. The molecule has 0 fully saturated rings. The number of amides is 2. The highest BCUT2D eigenvalue weighted by Gasteiger charge is 2.31. The normalized spacial score (nSPS) is 14.8. The molecule has 3 aromatic rings. The average Bonchev–Trinajstić information content (AvgIpc) is 2.82. The van der Waals surface area contributed by atoms with Crippen LogP contribution in [0.25, 0.3) is 0 Å². The van der Waals surface area contributed by atoms with E-state index in [9.17, 15) is 9.59 Å². The second-order valence-corrected chi connectivity index (χ2v) is 7.24. The van der Waals surface area contributed by atoms with Gasteiger partial charge in [-0.25, -0.2) is 0 Å². The highest BCUT2D eigenvalue weighted by molar-refractivity contribution is 6.01. The van der Waals surface area contributed by atoms with Gasteiger partial charge < -0.3 is 24.4 Å². The first-order chi connectivity index (χ1) is 15.6. The molecular weight excluding hydrogens is 408 g/mol. The molecule has 0 bridgehead atoms. The minimum absolute atomic E-state index is 0.123. The van der Waals surface area contributed by atoms with Gasteiger partial charge in [0.1, 0.15) is 23.9 Å². The van der Waals surface area contributed by atoms with E-state index in [0.29, 0.717) is 36.0 Å². The molecule has 0 aliphatic carbocycles. The number of carbonyl (C=O) groups is 2. The van der Waals surface area contributed by atoms with Crippen molar-refractivity contribution in [2.75, 3.05) is 30.0 Å². The van der Waals surface area contributed by atoms with Crippen molar-refractivity contribution in [1.29, 1.82) is 0 Å². The zero-order valence-electron chi connectivity index (χ0n) is 17.7. The molecule has 4 rings (SSSR count). The third-order valence-electron chi connectivity index (χ3n) is 4.89. The van der Waals surface area contributed by atoms with E-state index in [-0.39, 0.29) is 18.4 Å². The molecular formula is C25H24N2O5. The van der Waals surface area contributed by atoms with Crippen molar-refractivity contribution < 1.29 is 23.8 Å². The number of nitrogens with zero attached hydrogens (tertiary/aromatic N) is 1. The van der Waals surface area contributed by atoms with Crippen LogP contribution in [0.5, 0.6) is 17.2 Å². The van der Waals surface area contributed by atoms with Gasteiger partial charge in [0.05, 0.1) is 12.2 Å². The smallest absolute Gasteiger partial charge is 0.267 e. The summed E-state index contributed by atoms with van der Waals surface area (Å²) in [6, 6.07) is 23.8. The molecule has 7 heteroatoms. The molecule has 1 heterocycles. The molecule has 1 N–H and O–H groups in total. The van der Waals surface area contributed by atoms with Crippen molar-refractivity contribution in [2.24, 2.45) is 0 Å². The average molecular weight is 432 g/mol. The molecule has 164 valence electrons. The van der Waals surface area contributed by atoms with Gasteiger partial charge in [-0.05, 0) is 49.4 Å². The van der Waals surface area contributed by atoms with E-state index in [1.807, 2.05) is 48.5 Å². The Morgan fingerprint density at radius 1 is 0.969 bits per heavy atom. The van der Waals surface area contributed by atoms with Gasteiger partial charge in [0.2, 0.25) is 0 Å². The van der Waals surface area contributed by atoms with E-state index < -0.39 is 6.10 Å². The Labute approximate surface area is 186 Å². The Balaban J connectivity index is 1.42. The summed E-state index contributed by atoms with van der Waals surface area (Å²) in [5.41, 5.74) is 1.14. The van der Waals surface area contributed by atoms with Crippen LogP contribution in [-0.4, -0.2) is 37.7 Å². The molecule has 0 saturated carbocycles. The van der Waals surface area contributed by atoms with Crippen LogP contribution in [-0.2, 0) is 9.59 Å². The SMILES string of the molecule is CC1Oc2ccc(NC(=O)COc3ccccc3)cc2N(CCOc2ccccc2)C1=O. The minimum atomic E-state index is -0.598. The van der Waals surface area contributed by atoms with Crippen molar-refractivity contribution in [2.45, 2.75) is 13.0 Å². The van der Waals surface area contributed by atoms with E-state index in [0.717, 1.165) is 5.75 Å². The molecule has 1 atom stereocenters. The first-order valence-corrected chi connectivity index (χ1v) is 10.4. The number of benzene rings is 3. The standard InChI is InChI=1S/C25H24N2O5/c1-18-25(29)27(14-15-30-20-8-4-2-5-9-20)22-16-19(12-13-23(22)32-18)26-24(28)17-31-21-10-6-3-7-11-21/h2-13,16,18H,14-15,17H2,1H3,(H,26,28). The second-order valence-electron chi connectivity index (χ2n) is 7.24. The third-order valence-corrected chi connectivity index (χ3v) is 4.89. The molecule has 2 amide bonds. The predicted molar refractivity (Wildman–Crippen MR) is 121 cm³/mol. The van der Waals surface area contributed by atoms with Crippen LogP contribution in [0.1, 0.15) is 6.92 Å². The van der Waals surface area contributed by atoms with Gasteiger partial charge in [-0.3, -0.25) is 9.59 Å². The molecule has 3 aromatic carbocycles. The summed E-state index contributed by atoms with van der Waals surface area (Å²) in [5.74, 6) is 1.47. The summed E-state index contributed by atoms with van der Waals surface area (Å²) >= 11 is 0. The lowest BCUT2D eigenvalue weighted by molar-refractivity contribution is -0.125. The molecule has 0 spiro atoms. The van der Waals surface area contributed by atoms with Crippen molar-refractivity contribution in [3.05, 3.63) is 78.9 Å². The van der Waals surface area contributed by atoms with Crippen LogP contribution in [0.3, 0.4) is 0 Å². The highest BCUT2D eigenvalue weighted by atomic mass is 16.5. The molecule has 0 aromatic heterocycles. The number of fused-ring (bicyclic) bond motifs is 1. The van der Waals surface area contributed by atoms with E-state index >= 15 is 0 Å². The van der Waals surface area contributed by atoms with E-state index in [1.54, 1.807) is 42.2 Å². The van der Waals surface area contributed by atoms with Crippen LogP contribution in [0.15, 0.2) is 78.9 Å². The number of hydrogen-bond acceptors (Lipinski definition) is 5. The molecule has 0 saturated heterocycles. The topological polar surface area (TPSA) is 77.1 Å². The van der Waals surface area contributed by atoms with Crippen LogP contribution in [0.2, 0.25) is 0 Å². The third kappa shape index (κ3) is 5.18. The number of anilines is 2. The monoisotopic (exact) mass is 432 g/mol. The number of hydrogen-bond donors (Lipinski definition) is 1. The summed E-state index contributed by atoms with van der Waals surface area (Å²) in [4.78, 5) is 26.7. The zero-order chi connectivity index (χ0) is 22.3. The summed E-state index contributed by atoms with van der Waals surface area (Å²) in [6.07, 6.45) is -0.598. The van der Waals surface area contributed by atoms with Gasteiger partial charge in [0.15, 0.2) is 12.7 Å². The maximum absolute atomic E-state index is 12.8. The number of para-hydroxylation sites is 2. The van der Waals surface area contributed by atoms with E-state index in [1.165, 1.54) is 0 Å². The van der Waals surface area contributed by atoms with Crippen LogP contribution in [0.4, 0.5) is 11.4 Å². The van der Waals surface area contributed by atoms with Crippen molar-refractivity contribution >= 4 is 23.2 Å². The quantitative estimate of drug-likeness (QED) is 0.584. The first kappa shape index (κ1) is 21.2. The first-order valence-electron chi connectivity index (χ1n) is 10.4. The van der Waals surface area contributed by atoms with Crippen molar-refractivity contribution in [3.8, 4) is 17.2 Å². The van der Waals surface area contributed by atoms with E-state index in [2.05, 4.69) is 5.32 Å². The highest BCUT2D eigenvalue weighted by Crippen LogP contribution is 2.36. The number of rotatable bonds is 8. The number of ether oxygens (including phenoxy) is 3. The predicted octanol–water partition coefficient (Wildman–Crippen LogP) is 3.90. The molecule has 32 heavy (non-hydrogen) atoms. The van der Waals surface area contributed by atoms with Gasteiger partial charge in [0.25, 0.3) is 11.8 Å². The second kappa shape index (κ2) is 9.87. The Morgan fingerprint density at radius 3 is 2.31 bits per heavy atom. The number of carbonyl (C=O) groups excluding carboxylic acids is 2. The molecule has 1 aliphatic heterocycles.